The van der Waals surface area contributed by atoms with Crippen LogP contribution in [-0.2, 0) is 11.2 Å². The first-order valence-corrected chi connectivity index (χ1v) is 5.84. The Morgan fingerprint density at radius 2 is 2.43 bits per heavy atom. The van der Waals surface area contributed by atoms with Gasteiger partial charge in [0.2, 0.25) is 0 Å². The van der Waals surface area contributed by atoms with Crippen LogP contribution >= 0.6 is 11.3 Å². The highest BCUT2D eigenvalue weighted by Gasteiger charge is 2.28. The van der Waals surface area contributed by atoms with Gasteiger partial charge in [-0.05, 0) is 19.3 Å². The molecule has 4 heteroatoms. The van der Waals surface area contributed by atoms with Crippen LogP contribution in [0.5, 0.6) is 0 Å². The Kier molecular flexibility index (Phi) is 3.15. The third kappa shape index (κ3) is 2.53. The second kappa shape index (κ2) is 4.38. The van der Waals surface area contributed by atoms with Gasteiger partial charge in [0.25, 0.3) is 0 Å². The summed E-state index contributed by atoms with van der Waals surface area (Å²) < 4.78 is 5.34. The summed E-state index contributed by atoms with van der Waals surface area (Å²) >= 11 is 1.61. The van der Waals surface area contributed by atoms with E-state index in [9.17, 15) is 5.11 Å². The third-order valence-corrected chi connectivity index (χ3v) is 3.41. The van der Waals surface area contributed by atoms with Crippen molar-refractivity contribution < 1.29 is 9.84 Å². The van der Waals surface area contributed by atoms with Gasteiger partial charge in [0.1, 0.15) is 0 Å². The van der Waals surface area contributed by atoms with E-state index in [1.165, 1.54) is 0 Å². The van der Waals surface area contributed by atoms with E-state index in [0.29, 0.717) is 6.61 Å². The van der Waals surface area contributed by atoms with Crippen LogP contribution in [-0.4, -0.2) is 28.9 Å². The summed E-state index contributed by atoms with van der Waals surface area (Å²) in [6.45, 7) is 1.46. The monoisotopic (exact) mass is 213 g/mol. The lowest BCUT2D eigenvalue weighted by molar-refractivity contribution is 0.0195. The van der Waals surface area contributed by atoms with E-state index in [1.54, 1.807) is 11.3 Å². The fourth-order valence-electron chi connectivity index (χ4n) is 1.82. The van der Waals surface area contributed by atoms with E-state index in [-0.39, 0.29) is 0 Å². The molecule has 0 aromatic carbocycles. The molecule has 1 saturated heterocycles. The van der Waals surface area contributed by atoms with Crippen molar-refractivity contribution in [3.63, 3.8) is 0 Å². The van der Waals surface area contributed by atoms with Crippen molar-refractivity contribution in [3.8, 4) is 0 Å². The molecule has 1 N–H and O–H groups in total. The number of nitrogens with zero attached hydrogens (tertiary/aromatic N) is 1. The number of aromatic nitrogens is 1. The maximum atomic E-state index is 10.3. The summed E-state index contributed by atoms with van der Waals surface area (Å²) in [6, 6.07) is 0. The molecule has 0 radical (unpaired) electrons. The van der Waals surface area contributed by atoms with Crippen LogP contribution in [0, 0.1) is 0 Å². The van der Waals surface area contributed by atoms with Gasteiger partial charge in [-0.25, -0.2) is 0 Å². The van der Waals surface area contributed by atoms with Crippen LogP contribution in [0.25, 0.3) is 0 Å². The summed E-state index contributed by atoms with van der Waals surface area (Å²) in [4.78, 5) is 5.18. The van der Waals surface area contributed by atoms with Crippen molar-refractivity contribution in [2.45, 2.75) is 31.3 Å². The molecule has 0 saturated carbocycles. The van der Waals surface area contributed by atoms with Gasteiger partial charge in [-0.2, -0.15) is 0 Å². The van der Waals surface area contributed by atoms with Gasteiger partial charge in [-0.1, -0.05) is 0 Å². The van der Waals surface area contributed by atoms with E-state index in [1.807, 2.05) is 11.7 Å². The summed E-state index contributed by atoms with van der Waals surface area (Å²) in [6.07, 6.45) is 5.10. The van der Waals surface area contributed by atoms with Crippen molar-refractivity contribution in [2.24, 2.45) is 0 Å². The predicted molar refractivity (Wildman–Crippen MR) is 55.4 cm³/mol. The number of thiazole rings is 1. The number of rotatable bonds is 2. The fourth-order valence-corrected chi connectivity index (χ4v) is 2.55. The van der Waals surface area contributed by atoms with E-state index in [2.05, 4.69) is 4.98 Å². The molecule has 0 aliphatic carbocycles. The van der Waals surface area contributed by atoms with Crippen molar-refractivity contribution in [3.05, 3.63) is 16.6 Å². The van der Waals surface area contributed by atoms with Gasteiger partial charge in [0.05, 0.1) is 11.1 Å². The minimum atomic E-state index is -0.566. The first-order valence-electron chi connectivity index (χ1n) is 4.96. The molecule has 78 valence electrons. The van der Waals surface area contributed by atoms with Crippen LogP contribution in [0.2, 0.25) is 0 Å². The largest absolute Gasteiger partial charge is 0.389 e. The van der Waals surface area contributed by atoms with Crippen molar-refractivity contribution in [2.75, 3.05) is 13.2 Å². The standard InChI is InChI=1S/C10H15NO2S/c12-10(2-1-4-13-5-3-10)6-9-7-11-8-14-9/h7-8,12H,1-6H2. The molecule has 1 aliphatic heterocycles. The predicted octanol–water partition coefficient (Wildman–Crippen LogP) is 1.62. The zero-order valence-electron chi connectivity index (χ0n) is 8.11. The fraction of sp³-hybridized carbons (Fsp3) is 0.700. The molecule has 0 spiro atoms. The zero-order valence-corrected chi connectivity index (χ0v) is 8.92. The summed E-state index contributed by atoms with van der Waals surface area (Å²) in [5.74, 6) is 0. The smallest absolute Gasteiger partial charge is 0.0794 e. The third-order valence-electron chi connectivity index (χ3n) is 2.63. The first-order chi connectivity index (χ1) is 6.79. The van der Waals surface area contributed by atoms with E-state index >= 15 is 0 Å². The van der Waals surface area contributed by atoms with Crippen LogP contribution in [0.4, 0.5) is 0 Å². The minimum Gasteiger partial charge on any atom is -0.389 e. The van der Waals surface area contributed by atoms with Crippen LogP contribution in [0.3, 0.4) is 0 Å². The van der Waals surface area contributed by atoms with Gasteiger partial charge in [0, 0.05) is 30.7 Å². The maximum absolute atomic E-state index is 10.3. The number of hydrogen-bond acceptors (Lipinski definition) is 4. The van der Waals surface area contributed by atoms with E-state index < -0.39 is 5.60 Å². The van der Waals surface area contributed by atoms with Gasteiger partial charge in [0.15, 0.2) is 0 Å². The highest BCUT2D eigenvalue weighted by molar-refractivity contribution is 7.09. The molecule has 0 amide bonds. The molecule has 14 heavy (non-hydrogen) atoms. The van der Waals surface area contributed by atoms with Crippen molar-refractivity contribution in [1.82, 2.24) is 4.98 Å². The quantitative estimate of drug-likeness (QED) is 0.811. The van der Waals surface area contributed by atoms with Gasteiger partial charge in [-0.3, -0.25) is 4.98 Å². The molecule has 0 bridgehead atoms. The van der Waals surface area contributed by atoms with E-state index in [0.717, 1.165) is 37.2 Å². The highest BCUT2D eigenvalue weighted by Crippen LogP contribution is 2.26. The lowest BCUT2D eigenvalue weighted by Gasteiger charge is -2.24. The van der Waals surface area contributed by atoms with Gasteiger partial charge < -0.3 is 9.84 Å². The minimum absolute atomic E-state index is 0.566. The van der Waals surface area contributed by atoms with Crippen molar-refractivity contribution >= 4 is 11.3 Å². The molecule has 1 fully saturated rings. The Labute approximate surface area is 87.7 Å². The summed E-state index contributed by atoms with van der Waals surface area (Å²) in [7, 11) is 0. The number of hydrogen-bond donors (Lipinski definition) is 1. The molecule has 1 aliphatic rings. The Balaban J connectivity index is 1.99. The van der Waals surface area contributed by atoms with Gasteiger partial charge in [-0.15, -0.1) is 11.3 Å². The topological polar surface area (TPSA) is 42.4 Å². The molecule has 1 unspecified atom stereocenters. The van der Waals surface area contributed by atoms with Gasteiger partial charge >= 0.3 is 0 Å². The lowest BCUT2D eigenvalue weighted by Crippen LogP contribution is -2.31. The molecule has 2 rings (SSSR count). The normalized spacial score (nSPS) is 28.6. The van der Waals surface area contributed by atoms with Crippen LogP contribution in [0.1, 0.15) is 24.1 Å². The van der Waals surface area contributed by atoms with Crippen LogP contribution < -0.4 is 0 Å². The zero-order chi connectivity index (χ0) is 9.86. The molecule has 1 aromatic heterocycles. The Hall–Kier alpha value is -0.450. The molecular weight excluding hydrogens is 198 g/mol. The number of aliphatic hydroxyl groups is 1. The summed E-state index contributed by atoms with van der Waals surface area (Å²) in [5.41, 5.74) is 1.24. The molecular formula is C10H15NO2S. The average Bonchev–Trinajstić information content (AvgIpc) is 2.55. The second-order valence-electron chi connectivity index (χ2n) is 3.83. The molecule has 1 aromatic rings. The Morgan fingerprint density at radius 1 is 1.50 bits per heavy atom. The second-order valence-corrected chi connectivity index (χ2v) is 4.81. The van der Waals surface area contributed by atoms with E-state index in [4.69, 9.17) is 4.74 Å². The highest BCUT2D eigenvalue weighted by atomic mass is 32.1. The Morgan fingerprint density at radius 3 is 3.21 bits per heavy atom. The maximum Gasteiger partial charge on any atom is 0.0794 e. The number of ether oxygens (including phenoxy) is 1. The summed E-state index contributed by atoms with van der Waals surface area (Å²) in [5, 5.41) is 10.3. The molecule has 2 heterocycles. The average molecular weight is 213 g/mol. The van der Waals surface area contributed by atoms with Crippen molar-refractivity contribution in [1.29, 1.82) is 0 Å². The Bertz CT molecular complexity index is 266. The molecule has 1 atom stereocenters. The lowest BCUT2D eigenvalue weighted by atomic mass is 9.91. The molecule has 3 nitrogen and oxygen atoms in total. The SMILES string of the molecule is OC1(Cc2cncs2)CCCOCC1. The first kappa shape index (κ1) is 10.1. The van der Waals surface area contributed by atoms with Crippen LogP contribution in [0.15, 0.2) is 11.7 Å².